The highest BCUT2D eigenvalue weighted by molar-refractivity contribution is 6.30. The van der Waals surface area contributed by atoms with E-state index < -0.39 is 0 Å². The average molecular weight is 301 g/mol. The number of tetrazole rings is 1. The highest BCUT2D eigenvalue weighted by atomic mass is 35.5. The third-order valence-electron chi connectivity index (χ3n) is 3.13. The Kier molecular flexibility index (Phi) is 3.83. The first-order valence-corrected chi connectivity index (χ1v) is 6.79. The van der Waals surface area contributed by atoms with Crippen LogP contribution in [0.5, 0.6) is 5.75 Å². The SMILES string of the molecule is COc1ccc(-c2nnnn2Cc2ccc(Cl)cc2)cc1. The van der Waals surface area contributed by atoms with Crippen molar-refractivity contribution in [2.45, 2.75) is 6.54 Å². The molecule has 0 radical (unpaired) electrons. The number of aromatic nitrogens is 4. The van der Waals surface area contributed by atoms with Crippen LogP contribution in [0.2, 0.25) is 5.02 Å². The van der Waals surface area contributed by atoms with Gasteiger partial charge in [-0.2, -0.15) is 0 Å². The topological polar surface area (TPSA) is 52.8 Å². The molecule has 106 valence electrons. The fourth-order valence-corrected chi connectivity index (χ4v) is 2.15. The maximum atomic E-state index is 5.89. The van der Waals surface area contributed by atoms with Crippen molar-refractivity contribution in [1.82, 2.24) is 20.2 Å². The van der Waals surface area contributed by atoms with Crippen LogP contribution in [0.3, 0.4) is 0 Å². The summed E-state index contributed by atoms with van der Waals surface area (Å²) in [6.45, 7) is 0.589. The Balaban J connectivity index is 1.87. The Hall–Kier alpha value is -2.40. The quantitative estimate of drug-likeness (QED) is 0.743. The molecule has 6 heteroatoms. The van der Waals surface area contributed by atoms with Crippen LogP contribution in [0.15, 0.2) is 48.5 Å². The zero-order chi connectivity index (χ0) is 14.7. The van der Waals surface area contributed by atoms with E-state index in [1.54, 1.807) is 11.8 Å². The van der Waals surface area contributed by atoms with Crippen molar-refractivity contribution in [2.75, 3.05) is 7.11 Å². The first-order chi connectivity index (χ1) is 10.3. The Morgan fingerprint density at radius 1 is 1.05 bits per heavy atom. The molecule has 0 saturated heterocycles. The smallest absolute Gasteiger partial charge is 0.182 e. The van der Waals surface area contributed by atoms with Gasteiger partial charge in [-0.15, -0.1) is 5.10 Å². The fraction of sp³-hybridized carbons (Fsp3) is 0.133. The molecule has 0 aliphatic rings. The third kappa shape index (κ3) is 3.03. The molecule has 0 aliphatic heterocycles. The summed E-state index contributed by atoms with van der Waals surface area (Å²) in [4.78, 5) is 0. The Morgan fingerprint density at radius 2 is 1.76 bits per heavy atom. The minimum atomic E-state index is 0.589. The van der Waals surface area contributed by atoms with Gasteiger partial charge in [-0.05, 0) is 52.4 Å². The molecule has 0 amide bonds. The maximum Gasteiger partial charge on any atom is 0.182 e. The number of hydrogen-bond acceptors (Lipinski definition) is 4. The molecule has 3 aromatic rings. The second-order valence-corrected chi connectivity index (χ2v) is 4.95. The molecule has 1 aromatic heterocycles. The van der Waals surface area contributed by atoms with E-state index in [2.05, 4.69) is 15.5 Å². The van der Waals surface area contributed by atoms with Crippen LogP contribution < -0.4 is 4.74 Å². The zero-order valence-electron chi connectivity index (χ0n) is 11.4. The molecular formula is C15H13ClN4O. The lowest BCUT2D eigenvalue weighted by Gasteiger charge is -2.06. The standard InChI is InChI=1S/C15H13ClN4O/c1-21-14-8-4-12(5-9-14)15-17-18-19-20(15)10-11-2-6-13(16)7-3-11/h2-9H,10H2,1H3. The summed E-state index contributed by atoms with van der Waals surface area (Å²) in [6, 6.07) is 15.3. The lowest BCUT2D eigenvalue weighted by molar-refractivity contribution is 0.415. The van der Waals surface area contributed by atoms with Crippen LogP contribution in [-0.4, -0.2) is 27.3 Å². The van der Waals surface area contributed by atoms with Crippen molar-refractivity contribution in [3.63, 3.8) is 0 Å². The van der Waals surface area contributed by atoms with Crippen molar-refractivity contribution in [1.29, 1.82) is 0 Å². The monoisotopic (exact) mass is 300 g/mol. The molecule has 0 unspecified atom stereocenters. The van der Waals surface area contributed by atoms with E-state index in [4.69, 9.17) is 16.3 Å². The molecule has 2 aromatic carbocycles. The molecule has 0 spiro atoms. The van der Waals surface area contributed by atoms with Gasteiger partial charge < -0.3 is 4.74 Å². The second kappa shape index (κ2) is 5.93. The molecule has 0 fully saturated rings. The molecule has 0 bridgehead atoms. The van der Waals surface area contributed by atoms with Crippen molar-refractivity contribution in [2.24, 2.45) is 0 Å². The highest BCUT2D eigenvalue weighted by Gasteiger charge is 2.09. The summed E-state index contributed by atoms with van der Waals surface area (Å²) in [5.74, 6) is 1.52. The zero-order valence-corrected chi connectivity index (χ0v) is 12.2. The van der Waals surface area contributed by atoms with Gasteiger partial charge in [-0.1, -0.05) is 23.7 Å². The Bertz CT molecular complexity index is 722. The lowest BCUT2D eigenvalue weighted by atomic mass is 10.2. The van der Waals surface area contributed by atoms with Crippen molar-refractivity contribution >= 4 is 11.6 Å². The average Bonchev–Trinajstić information content (AvgIpc) is 2.98. The fourth-order valence-electron chi connectivity index (χ4n) is 2.02. The van der Waals surface area contributed by atoms with Crippen molar-refractivity contribution in [3.8, 4) is 17.1 Å². The molecule has 0 atom stereocenters. The number of ether oxygens (including phenoxy) is 1. The van der Waals surface area contributed by atoms with Gasteiger partial charge in [-0.3, -0.25) is 0 Å². The van der Waals surface area contributed by atoms with E-state index in [-0.39, 0.29) is 0 Å². The number of nitrogens with zero attached hydrogens (tertiary/aromatic N) is 4. The summed E-state index contributed by atoms with van der Waals surface area (Å²) >= 11 is 5.89. The van der Waals surface area contributed by atoms with Crippen LogP contribution in [0, 0.1) is 0 Å². The van der Waals surface area contributed by atoms with Gasteiger partial charge in [0.2, 0.25) is 0 Å². The Morgan fingerprint density at radius 3 is 2.43 bits per heavy atom. The predicted octanol–water partition coefficient (Wildman–Crippen LogP) is 3.05. The van der Waals surface area contributed by atoms with E-state index in [1.807, 2.05) is 48.5 Å². The molecule has 5 nitrogen and oxygen atoms in total. The highest BCUT2D eigenvalue weighted by Crippen LogP contribution is 2.20. The molecular weight excluding hydrogens is 288 g/mol. The minimum Gasteiger partial charge on any atom is -0.497 e. The number of benzene rings is 2. The van der Waals surface area contributed by atoms with E-state index in [0.29, 0.717) is 17.4 Å². The summed E-state index contributed by atoms with van der Waals surface area (Å²) in [7, 11) is 1.64. The maximum absolute atomic E-state index is 5.89. The molecule has 1 heterocycles. The summed E-state index contributed by atoms with van der Waals surface area (Å²) in [5, 5.41) is 12.6. The number of rotatable bonds is 4. The largest absolute Gasteiger partial charge is 0.497 e. The van der Waals surface area contributed by atoms with E-state index in [1.165, 1.54) is 0 Å². The van der Waals surface area contributed by atoms with Crippen LogP contribution in [0.4, 0.5) is 0 Å². The van der Waals surface area contributed by atoms with Gasteiger partial charge in [0.1, 0.15) is 5.75 Å². The number of methoxy groups -OCH3 is 1. The second-order valence-electron chi connectivity index (χ2n) is 4.52. The van der Waals surface area contributed by atoms with Gasteiger partial charge in [-0.25, -0.2) is 4.68 Å². The first-order valence-electron chi connectivity index (χ1n) is 6.41. The Labute approximate surface area is 127 Å². The van der Waals surface area contributed by atoms with E-state index in [9.17, 15) is 0 Å². The van der Waals surface area contributed by atoms with Crippen LogP contribution in [-0.2, 0) is 6.54 Å². The van der Waals surface area contributed by atoms with Crippen LogP contribution in [0.1, 0.15) is 5.56 Å². The number of halogens is 1. The lowest BCUT2D eigenvalue weighted by Crippen LogP contribution is -2.04. The van der Waals surface area contributed by atoms with Gasteiger partial charge in [0.05, 0.1) is 13.7 Å². The normalized spacial score (nSPS) is 10.6. The van der Waals surface area contributed by atoms with Crippen LogP contribution in [0.25, 0.3) is 11.4 Å². The predicted molar refractivity (Wildman–Crippen MR) is 80.4 cm³/mol. The van der Waals surface area contributed by atoms with Gasteiger partial charge >= 0.3 is 0 Å². The molecule has 21 heavy (non-hydrogen) atoms. The van der Waals surface area contributed by atoms with Crippen molar-refractivity contribution in [3.05, 3.63) is 59.1 Å². The molecule has 0 aliphatic carbocycles. The summed E-state index contributed by atoms with van der Waals surface area (Å²) in [6.07, 6.45) is 0. The van der Waals surface area contributed by atoms with E-state index in [0.717, 1.165) is 16.9 Å². The summed E-state index contributed by atoms with van der Waals surface area (Å²) < 4.78 is 6.91. The molecule has 0 saturated carbocycles. The van der Waals surface area contributed by atoms with Gasteiger partial charge in [0.25, 0.3) is 0 Å². The summed E-state index contributed by atoms with van der Waals surface area (Å²) in [5.41, 5.74) is 2.02. The minimum absolute atomic E-state index is 0.589. The first kappa shape index (κ1) is 13.6. The molecule has 3 rings (SSSR count). The van der Waals surface area contributed by atoms with Gasteiger partial charge in [0, 0.05) is 10.6 Å². The van der Waals surface area contributed by atoms with Crippen molar-refractivity contribution < 1.29 is 4.74 Å². The number of hydrogen-bond donors (Lipinski definition) is 0. The third-order valence-corrected chi connectivity index (χ3v) is 3.38. The van der Waals surface area contributed by atoms with E-state index >= 15 is 0 Å². The molecule has 0 N–H and O–H groups in total. The van der Waals surface area contributed by atoms with Gasteiger partial charge in [0.15, 0.2) is 5.82 Å². The van der Waals surface area contributed by atoms with Crippen LogP contribution >= 0.6 is 11.6 Å².